The van der Waals surface area contributed by atoms with Crippen LogP contribution in [-0.2, 0) is 27.3 Å². The van der Waals surface area contributed by atoms with Gasteiger partial charge in [-0.2, -0.15) is 0 Å². The number of halogens is 1. The number of hydrogen-bond donors (Lipinski definition) is 3. The van der Waals surface area contributed by atoms with Crippen molar-refractivity contribution in [2.24, 2.45) is 5.41 Å². The van der Waals surface area contributed by atoms with Crippen LogP contribution in [0.5, 0.6) is 0 Å². The molecule has 0 bridgehead atoms. The van der Waals surface area contributed by atoms with Crippen molar-refractivity contribution in [3.8, 4) is 0 Å². The van der Waals surface area contributed by atoms with E-state index in [0.29, 0.717) is 17.9 Å². The van der Waals surface area contributed by atoms with Gasteiger partial charge in [-0.1, -0.05) is 47.1 Å². The quantitative estimate of drug-likeness (QED) is 0.422. The molecule has 2 fully saturated rings. The first-order valence-corrected chi connectivity index (χ1v) is 12.5. The molecular weight excluding hydrogens is 516 g/mol. The Morgan fingerprint density at radius 1 is 1.18 bits per heavy atom. The summed E-state index contributed by atoms with van der Waals surface area (Å²) in [5, 5.41) is 11.3. The van der Waals surface area contributed by atoms with Crippen LogP contribution < -0.4 is 20.9 Å². The number of morpholine rings is 1. The Morgan fingerprint density at radius 2 is 1.89 bits per heavy atom. The molecule has 2 aromatic heterocycles. The minimum atomic E-state index is -1.72. The van der Waals surface area contributed by atoms with Crippen molar-refractivity contribution in [3.05, 3.63) is 52.3 Å². The molecule has 13 heteroatoms. The van der Waals surface area contributed by atoms with E-state index in [1.165, 1.54) is 0 Å². The van der Waals surface area contributed by atoms with Crippen LogP contribution in [0.25, 0.3) is 11.1 Å². The van der Waals surface area contributed by atoms with E-state index in [9.17, 15) is 19.2 Å². The van der Waals surface area contributed by atoms with Crippen molar-refractivity contribution >= 4 is 52.1 Å². The van der Waals surface area contributed by atoms with E-state index in [1.807, 2.05) is 42.2 Å². The zero-order valence-electron chi connectivity index (χ0n) is 20.4. The van der Waals surface area contributed by atoms with Gasteiger partial charge in [0.25, 0.3) is 5.91 Å². The number of hydrogen-bond acceptors (Lipinski definition) is 9. The van der Waals surface area contributed by atoms with E-state index in [4.69, 9.17) is 20.9 Å². The standard InChI is InChI=1S/C25H23ClN6O6/c1-11-10-32-18-14(8-25(20(32)12(2)37-11)22(34)29-24(36)30-23(25)35)28-16-17(31-38-19(16)15(18)26)21(33)27-9-13-6-4-3-5-7-13/h3-7,11-12,20H,8-10H2,1-2H3,(H,27,33)(H2,29,30,34,35,36). The Morgan fingerprint density at radius 3 is 2.61 bits per heavy atom. The number of aromatic nitrogens is 2. The average Bonchev–Trinajstić information content (AvgIpc) is 3.30. The molecule has 0 aliphatic carbocycles. The third-order valence-electron chi connectivity index (χ3n) is 7.29. The SMILES string of the molecule is CC1CN2c3c(nc4c(C(=O)NCc5ccccc5)noc4c3Cl)CC3(C(=O)NC(=O)NC3=O)C2C(C)O1. The van der Waals surface area contributed by atoms with Gasteiger partial charge in [0.1, 0.15) is 10.5 Å². The lowest BCUT2D eigenvalue weighted by atomic mass is 9.67. The molecule has 3 unspecified atom stereocenters. The maximum atomic E-state index is 13.3. The lowest BCUT2D eigenvalue weighted by Gasteiger charge is -2.55. The van der Waals surface area contributed by atoms with E-state index in [2.05, 4.69) is 26.1 Å². The van der Waals surface area contributed by atoms with E-state index in [-0.39, 0.29) is 40.9 Å². The van der Waals surface area contributed by atoms with Crippen LogP contribution in [0.2, 0.25) is 5.02 Å². The van der Waals surface area contributed by atoms with Gasteiger partial charge in [0.15, 0.2) is 11.1 Å². The van der Waals surface area contributed by atoms with Crippen LogP contribution in [0.15, 0.2) is 34.9 Å². The fraction of sp³-hybridized carbons (Fsp3) is 0.360. The molecule has 1 aromatic carbocycles. The molecule has 6 rings (SSSR count). The normalized spacial score (nSPS) is 24.0. The highest BCUT2D eigenvalue weighted by Crippen LogP contribution is 2.50. The lowest BCUT2D eigenvalue weighted by Crippen LogP contribution is -2.75. The first-order chi connectivity index (χ1) is 18.2. The fourth-order valence-corrected chi connectivity index (χ4v) is 6.11. The molecule has 1 spiro atoms. The van der Waals surface area contributed by atoms with Crippen molar-refractivity contribution in [3.63, 3.8) is 0 Å². The highest BCUT2D eigenvalue weighted by atomic mass is 35.5. The Hall–Kier alpha value is -4.03. The minimum absolute atomic E-state index is 0.0757. The Labute approximate surface area is 221 Å². The number of amides is 5. The van der Waals surface area contributed by atoms with Crippen LogP contribution in [0.3, 0.4) is 0 Å². The number of carbonyl (C=O) groups excluding carboxylic acids is 4. The third kappa shape index (κ3) is 3.55. The number of nitrogens with one attached hydrogen (secondary N) is 3. The second kappa shape index (κ2) is 8.77. The van der Waals surface area contributed by atoms with E-state index in [0.717, 1.165) is 5.56 Å². The summed E-state index contributed by atoms with van der Waals surface area (Å²) in [6.07, 6.45) is -1.01. The average molecular weight is 539 g/mol. The highest BCUT2D eigenvalue weighted by molar-refractivity contribution is 6.38. The van der Waals surface area contributed by atoms with Crippen LogP contribution in [0.1, 0.15) is 35.6 Å². The molecule has 38 heavy (non-hydrogen) atoms. The number of urea groups is 1. The molecule has 5 heterocycles. The van der Waals surface area contributed by atoms with Gasteiger partial charge in [-0.05, 0) is 19.4 Å². The molecule has 196 valence electrons. The van der Waals surface area contributed by atoms with Gasteiger partial charge < -0.3 is 19.5 Å². The van der Waals surface area contributed by atoms with Gasteiger partial charge in [-0.15, -0.1) is 0 Å². The molecule has 5 amide bonds. The summed E-state index contributed by atoms with van der Waals surface area (Å²) in [5.41, 5.74) is 0.0935. The van der Waals surface area contributed by atoms with Crippen LogP contribution in [-0.4, -0.2) is 58.7 Å². The molecule has 3 N–H and O–H groups in total. The largest absolute Gasteiger partial charge is 0.372 e. The first-order valence-electron chi connectivity index (χ1n) is 12.1. The highest BCUT2D eigenvalue weighted by Gasteiger charge is 2.63. The number of pyridine rings is 1. The first kappa shape index (κ1) is 24.3. The summed E-state index contributed by atoms with van der Waals surface area (Å²) in [6.45, 7) is 4.18. The lowest BCUT2D eigenvalue weighted by molar-refractivity contribution is -0.153. The molecule has 3 aromatic rings. The maximum Gasteiger partial charge on any atom is 0.328 e. The monoisotopic (exact) mass is 538 g/mol. The fourth-order valence-electron chi connectivity index (χ4n) is 5.77. The number of fused-ring (bicyclic) bond motifs is 5. The summed E-state index contributed by atoms with van der Waals surface area (Å²) < 4.78 is 11.5. The predicted octanol–water partition coefficient (Wildman–Crippen LogP) is 1.70. The number of benzene rings is 1. The number of ether oxygens (including phenoxy) is 1. The number of barbiturate groups is 1. The molecule has 2 saturated heterocycles. The van der Waals surface area contributed by atoms with Crippen LogP contribution in [0.4, 0.5) is 10.5 Å². The molecule has 0 radical (unpaired) electrons. The minimum Gasteiger partial charge on any atom is -0.372 e. The number of imide groups is 2. The molecule has 3 aliphatic rings. The maximum absolute atomic E-state index is 13.3. The van der Waals surface area contributed by atoms with Crippen molar-refractivity contribution in [1.29, 1.82) is 0 Å². The second-order valence-corrected chi connectivity index (χ2v) is 10.1. The van der Waals surface area contributed by atoms with E-state index >= 15 is 0 Å². The summed E-state index contributed by atoms with van der Waals surface area (Å²) in [6, 6.07) is 7.67. The summed E-state index contributed by atoms with van der Waals surface area (Å²) >= 11 is 6.85. The molecule has 3 atom stereocenters. The van der Waals surface area contributed by atoms with Gasteiger partial charge in [-0.25, -0.2) is 9.78 Å². The number of nitrogens with zero attached hydrogens (tertiary/aromatic N) is 3. The van der Waals surface area contributed by atoms with Crippen molar-refractivity contribution < 1.29 is 28.4 Å². The van der Waals surface area contributed by atoms with Crippen LogP contribution in [0, 0.1) is 5.41 Å². The second-order valence-electron chi connectivity index (χ2n) is 9.73. The predicted molar refractivity (Wildman–Crippen MR) is 133 cm³/mol. The Bertz CT molecular complexity index is 1490. The van der Waals surface area contributed by atoms with Gasteiger partial charge >= 0.3 is 6.03 Å². The van der Waals surface area contributed by atoms with Gasteiger partial charge in [0.05, 0.1) is 29.6 Å². The summed E-state index contributed by atoms with van der Waals surface area (Å²) in [4.78, 5) is 58.1. The topological polar surface area (TPSA) is 156 Å². The number of rotatable bonds is 3. The summed E-state index contributed by atoms with van der Waals surface area (Å²) in [5.74, 6) is -2.02. The molecule has 12 nitrogen and oxygen atoms in total. The molecule has 0 saturated carbocycles. The van der Waals surface area contributed by atoms with Crippen molar-refractivity contribution in [1.82, 2.24) is 26.1 Å². The Kier molecular flexibility index (Phi) is 5.61. The smallest absolute Gasteiger partial charge is 0.328 e. The number of carbonyl (C=O) groups is 4. The van der Waals surface area contributed by atoms with Gasteiger partial charge in [-0.3, -0.25) is 25.0 Å². The zero-order valence-corrected chi connectivity index (χ0v) is 21.2. The third-order valence-corrected chi connectivity index (χ3v) is 7.64. The summed E-state index contributed by atoms with van der Waals surface area (Å²) in [7, 11) is 0. The molecular formula is C25H23ClN6O6. The number of anilines is 1. The van der Waals surface area contributed by atoms with Crippen LogP contribution >= 0.6 is 11.6 Å². The van der Waals surface area contributed by atoms with Crippen molar-refractivity contribution in [2.75, 3.05) is 11.4 Å². The van der Waals surface area contributed by atoms with Crippen molar-refractivity contribution in [2.45, 2.75) is 45.1 Å². The van der Waals surface area contributed by atoms with E-state index in [1.54, 1.807) is 6.92 Å². The van der Waals surface area contributed by atoms with E-state index < -0.39 is 41.3 Å². The molecule has 3 aliphatic heterocycles. The Balaban J connectivity index is 1.46. The van der Waals surface area contributed by atoms with Gasteiger partial charge in [0.2, 0.25) is 17.4 Å². The van der Waals surface area contributed by atoms with Gasteiger partial charge in [0, 0.05) is 19.5 Å². The zero-order chi connectivity index (χ0) is 26.8.